The Kier molecular flexibility index (Phi) is 5.92. The fraction of sp³-hybridized carbons (Fsp3) is 0.125. The molecule has 0 fully saturated rings. The lowest BCUT2D eigenvalue weighted by molar-refractivity contribution is -0.137. The molecule has 29 heavy (non-hydrogen) atoms. The number of benzene rings is 2. The minimum absolute atomic E-state index is 0.0302. The zero-order valence-electron chi connectivity index (χ0n) is 16.1. The Morgan fingerprint density at radius 2 is 1.86 bits per heavy atom. The third-order valence-corrected chi connectivity index (χ3v) is 4.71. The van der Waals surface area contributed by atoms with Crippen molar-refractivity contribution in [2.75, 3.05) is 6.61 Å². The number of fused-ring (bicyclic) bond motifs is 1. The van der Waals surface area contributed by atoms with E-state index in [1.807, 2.05) is 67.7 Å². The first-order chi connectivity index (χ1) is 14.1. The van der Waals surface area contributed by atoms with Crippen molar-refractivity contribution in [3.63, 3.8) is 0 Å². The van der Waals surface area contributed by atoms with E-state index in [0.717, 1.165) is 39.4 Å². The molecule has 0 saturated carbocycles. The van der Waals surface area contributed by atoms with Crippen molar-refractivity contribution in [2.24, 2.45) is 7.05 Å². The van der Waals surface area contributed by atoms with E-state index in [2.05, 4.69) is 11.1 Å². The molecule has 0 aliphatic heterocycles. The summed E-state index contributed by atoms with van der Waals surface area (Å²) in [5.41, 5.74) is 4.67. The predicted molar refractivity (Wildman–Crippen MR) is 112 cm³/mol. The highest BCUT2D eigenvalue weighted by molar-refractivity contribution is 6.00. The number of nitriles is 2. The maximum Gasteiger partial charge on any atom is 0.330 e. The maximum absolute atomic E-state index is 11.4. The Balaban J connectivity index is 2.25. The van der Waals surface area contributed by atoms with Crippen molar-refractivity contribution in [2.45, 2.75) is 6.42 Å². The monoisotopic (exact) mass is 381 g/mol. The number of carbonyl (C=O) groups is 1. The zero-order chi connectivity index (χ0) is 20.8. The second-order valence-electron chi connectivity index (χ2n) is 6.40. The van der Waals surface area contributed by atoms with E-state index >= 15 is 0 Å². The molecule has 0 atom stereocenters. The Bertz CT molecular complexity index is 1170. The van der Waals surface area contributed by atoms with Gasteiger partial charge in [-0.25, -0.2) is 4.79 Å². The van der Waals surface area contributed by atoms with Crippen LogP contribution in [0.5, 0.6) is 0 Å². The van der Waals surface area contributed by atoms with Gasteiger partial charge < -0.3 is 9.30 Å². The lowest BCUT2D eigenvalue weighted by Crippen LogP contribution is -2.04. The van der Waals surface area contributed by atoms with Gasteiger partial charge in [0.25, 0.3) is 0 Å². The number of carbonyl (C=O) groups excluding carboxylic acids is 1. The molecule has 0 spiro atoms. The third-order valence-electron chi connectivity index (χ3n) is 4.71. The lowest BCUT2D eigenvalue weighted by Gasteiger charge is -2.06. The molecular formula is C24H19N3O2. The highest BCUT2D eigenvalue weighted by Gasteiger charge is 2.18. The van der Waals surface area contributed by atoms with Crippen LogP contribution in [0.1, 0.15) is 11.1 Å². The molecule has 0 radical (unpaired) electrons. The molecule has 0 aliphatic rings. The van der Waals surface area contributed by atoms with Gasteiger partial charge in [-0.2, -0.15) is 10.5 Å². The van der Waals surface area contributed by atoms with Gasteiger partial charge in [-0.3, -0.25) is 0 Å². The molecule has 0 unspecified atom stereocenters. The second kappa shape index (κ2) is 8.73. The molecule has 3 rings (SSSR count). The number of esters is 1. The number of aromatic nitrogens is 1. The average molecular weight is 381 g/mol. The van der Waals surface area contributed by atoms with Gasteiger partial charge >= 0.3 is 5.97 Å². The molecule has 0 bridgehead atoms. The van der Waals surface area contributed by atoms with Crippen molar-refractivity contribution in [1.82, 2.24) is 4.57 Å². The van der Waals surface area contributed by atoms with Crippen LogP contribution in [0.2, 0.25) is 0 Å². The maximum atomic E-state index is 11.4. The molecule has 5 heteroatoms. The first-order valence-electron chi connectivity index (χ1n) is 9.07. The van der Waals surface area contributed by atoms with Crippen LogP contribution in [0.3, 0.4) is 0 Å². The van der Waals surface area contributed by atoms with Crippen LogP contribution in [0.4, 0.5) is 0 Å². The number of hydrogen-bond acceptors (Lipinski definition) is 4. The van der Waals surface area contributed by atoms with Crippen LogP contribution in [0.25, 0.3) is 28.2 Å². The van der Waals surface area contributed by atoms with Crippen LogP contribution >= 0.6 is 0 Å². The van der Waals surface area contributed by atoms with Crippen LogP contribution in [0, 0.1) is 22.7 Å². The minimum Gasteiger partial charge on any atom is -0.462 e. The molecule has 0 amide bonds. The molecule has 142 valence electrons. The molecule has 0 N–H and O–H groups in total. The van der Waals surface area contributed by atoms with Crippen molar-refractivity contribution < 1.29 is 9.53 Å². The first kappa shape index (κ1) is 19.7. The Labute approximate surface area is 169 Å². The Morgan fingerprint density at radius 1 is 1.14 bits per heavy atom. The SMILES string of the molecule is C=CC(=O)OCCc1cccc2c1c(C=C(C#N)C#N)c(-c1ccccc1)n2C. The van der Waals surface area contributed by atoms with Crippen LogP contribution in [-0.2, 0) is 23.0 Å². The average Bonchev–Trinajstić information content (AvgIpc) is 3.04. The fourth-order valence-electron chi connectivity index (χ4n) is 3.44. The minimum atomic E-state index is -0.466. The summed E-state index contributed by atoms with van der Waals surface area (Å²) in [4.78, 5) is 11.4. The van der Waals surface area contributed by atoms with E-state index in [0.29, 0.717) is 6.42 Å². The van der Waals surface area contributed by atoms with Crippen molar-refractivity contribution >= 4 is 22.9 Å². The van der Waals surface area contributed by atoms with Crippen molar-refractivity contribution in [3.8, 4) is 23.4 Å². The van der Waals surface area contributed by atoms with E-state index in [-0.39, 0.29) is 12.2 Å². The molecule has 1 aromatic heterocycles. The van der Waals surface area contributed by atoms with Crippen LogP contribution in [-0.4, -0.2) is 17.1 Å². The summed E-state index contributed by atoms with van der Waals surface area (Å²) in [6.07, 6.45) is 3.27. The summed E-state index contributed by atoms with van der Waals surface area (Å²) >= 11 is 0. The molecule has 1 heterocycles. The van der Waals surface area contributed by atoms with Crippen LogP contribution in [0.15, 0.2) is 66.8 Å². The summed E-state index contributed by atoms with van der Waals surface area (Å²) in [5.74, 6) is -0.466. The number of rotatable bonds is 6. The number of allylic oxidation sites excluding steroid dienone is 1. The second-order valence-corrected chi connectivity index (χ2v) is 6.40. The normalized spacial score (nSPS) is 10.0. The Hall–Kier alpha value is -4.09. The molecule has 2 aromatic carbocycles. The highest BCUT2D eigenvalue weighted by atomic mass is 16.5. The van der Waals surface area contributed by atoms with Gasteiger partial charge in [0.15, 0.2) is 0 Å². The van der Waals surface area contributed by atoms with Crippen molar-refractivity contribution in [1.29, 1.82) is 10.5 Å². The van der Waals surface area contributed by atoms with E-state index in [1.54, 1.807) is 6.08 Å². The van der Waals surface area contributed by atoms with Gasteiger partial charge in [-0.15, -0.1) is 0 Å². The first-order valence-corrected chi connectivity index (χ1v) is 9.07. The van der Waals surface area contributed by atoms with Gasteiger partial charge in [0.1, 0.15) is 17.7 Å². The molecule has 5 nitrogen and oxygen atoms in total. The smallest absolute Gasteiger partial charge is 0.330 e. The number of nitrogens with zero attached hydrogens (tertiary/aromatic N) is 3. The van der Waals surface area contributed by atoms with Gasteiger partial charge in [0.05, 0.1) is 12.3 Å². The highest BCUT2D eigenvalue weighted by Crippen LogP contribution is 2.36. The zero-order valence-corrected chi connectivity index (χ0v) is 16.1. The summed E-state index contributed by atoms with van der Waals surface area (Å²) in [6.45, 7) is 3.62. The topological polar surface area (TPSA) is 78.8 Å². The van der Waals surface area contributed by atoms with Gasteiger partial charge in [0, 0.05) is 36.0 Å². The fourth-order valence-corrected chi connectivity index (χ4v) is 3.44. The van der Waals surface area contributed by atoms with Gasteiger partial charge in [0.2, 0.25) is 0 Å². The predicted octanol–water partition coefficient (Wildman–Crippen LogP) is 4.55. The summed E-state index contributed by atoms with van der Waals surface area (Å²) in [7, 11) is 1.96. The molecule has 0 saturated heterocycles. The van der Waals surface area contributed by atoms with E-state index in [9.17, 15) is 15.3 Å². The van der Waals surface area contributed by atoms with E-state index in [4.69, 9.17) is 4.74 Å². The Morgan fingerprint density at radius 3 is 2.52 bits per heavy atom. The summed E-state index contributed by atoms with van der Waals surface area (Å²) < 4.78 is 7.20. The van der Waals surface area contributed by atoms with Crippen molar-refractivity contribution in [3.05, 3.63) is 77.9 Å². The summed E-state index contributed by atoms with van der Waals surface area (Å²) in [6, 6.07) is 19.6. The van der Waals surface area contributed by atoms with Gasteiger partial charge in [-0.1, -0.05) is 49.0 Å². The number of hydrogen-bond donors (Lipinski definition) is 0. The molecule has 3 aromatic rings. The molecular weight excluding hydrogens is 362 g/mol. The number of aryl methyl sites for hydroxylation is 1. The van der Waals surface area contributed by atoms with E-state index in [1.165, 1.54) is 0 Å². The third kappa shape index (κ3) is 3.95. The lowest BCUT2D eigenvalue weighted by atomic mass is 9.98. The summed E-state index contributed by atoms with van der Waals surface area (Å²) in [5, 5.41) is 19.6. The van der Waals surface area contributed by atoms with Crippen LogP contribution < -0.4 is 0 Å². The quantitative estimate of drug-likeness (QED) is 0.356. The largest absolute Gasteiger partial charge is 0.462 e. The molecule has 0 aliphatic carbocycles. The van der Waals surface area contributed by atoms with Gasteiger partial charge in [-0.05, 0) is 23.3 Å². The van der Waals surface area contributed by atoms with E-state index < -0.39 is 5.97 Å². The number of ether oxygens (including phenoxy) is 1. The standard InChI is InChI=1S/C24H19N3O2/c1-3-22(28)29-13-12-18-10-7-11-21-23(18)20(14-17(15-25)16-26)24(27(21)2)19-8-5-4-6-9-19/h3-11,14H,1,12-13H2,2H3.